The van der Waals surface area contributed by atoms with Crippen LogP contribution in [0.15, 0.2) is 18.3 Å². The van der Waals surface area contributed by atoms with Gasteiger partial charge in [-0.25, -0.2) is 9.78 Å². The quantitative estimate of drug-likeness (QED) is 0.498. The van der Waals surface area contributed by atoms with Crippen molar-refractivity contribution in [1.29, 1.82) is 5.26 Å². The van der Waals surface area contributed by atoms with Gasteiger partial charge in [-0.1, -0.05) is 5.92 Å². The van der Waals surface area contributed by atoms with Crippen LogP contribution in [0.25, 0.3) is 0 Å². The number of carbonyl (C=O) groups excluding carboxylic acids is 1. The predicted octanol–water partition coefficient (Wildman–Crippen LogP) is 0.868. The molecule has 0 saturated heterocycles. The van der Waals surface area contributed by atoms with Gasteiger partial charge in [-0.05, 0) is 19.1 Å². The first kappa shape index (κ1) is 10.7. The second kappa shape index (κ2) is 5.41. The van der Waals surface area contributed by atoms with E-state index in [1.165, 1.54) is 12.3 Å². The number of aromatic nitrogens is 1. The zero-order valence-electron chi connectivity index (χ0n) is 8.15. The molecule has 0 amide bonds. The Bertz CT molecular complexity index is 446. The Morgan fingerprint density at radius 3 is 2.93 bits per heavy atom. The van der Waals surface area contributed by atoms with E-state index >= 15 is 0 Å². The van der Waals surface area contributed by atoms with Gasteiger partial charge in [-0.2, -0.15) is 5.26 Å². The van der Waals surface area contributed by atoms with Crippen molar-refractivity contribution in [3.8, 4) is 17.9 Å². The molecule has 1 rings (SSSR count). The highest BCUT2D eigenvalue weighted by atomic mass is 16.5. The van der Waals surface area contributed by atoms with Gasteiger partial charge in [0.15, 0.2) is 0 Å². The normalized spacial score (nSPS) is 8.27. The average Bonchev–Trinajstić information content (AvgIpc) is 2.27. The molecule has 4 nitrogen and oxygen atoms in total. The summed E-state index contributed by atoms with van der Waals surface area (Å²) in [6.45, 7) is 2.02. The van der Waals surface area contributed by atoms with E-state index in [0.29, 0.717) is 17.9 Å². The van der Waals surface area contributed by atoms with Crippen molar-refractivity contribution in [2.75, 3.05) is 6.61 Å². The van der Waals surface area contributed by atoms with Gasteiger partial charge in [-0.15, -0.1) is 0 Å². The van der Waals surface area contributed by atoms with Crippen LogP contribution < -0.4 is 0 Å². The van der Waals surface area contributed by atoms with Crippen LogP contribution in [0, 0.1) is 23.2 Å². The van der Waals surface area contributed by atoms with Crippen LogP contribution >= 0.6 is 0 Å². The van der Waals surface area contributed by atoms with E-state index in [0.717, 1.165) is 0 Å². The second-order valence-electron chi connectivity index (χ2n) is 2.51. The molecule has 74 valence electrons. The molecule has 1 aromatic heterocycles. The van der Waals surface area contributed by atoms with Crippen LogP contribution in [0.1, 0.15) is 18.2 Å². The Morgan fingerprint density at radius 1 is 1.60 bits per heavy atom. The Hall–Kier alpha value is -2.33. The predicted molar refractivity (Wildman–Crippen MR) is 52.5 cm³/mol. The summed E-state index contributed by atoms with van der Waals surface area (Å²) in [6, 6.07) is 5.05. The van der Waals surface area contributed by atoms with Crippen molar-refractivity contribution < 1.29 is 9.53 Å². The molecule has 0 N–H and O–H groups in total. The van der Waals surface area contributed by atoms with E-state index in [9.17, 15) is 4.79 Å². The SMILES string of the molecule is CCOC(=O)C#Cc1ccc(C#N)nc1. The summed E-state index contributed by atoms with van der Waals surface area (Å²) < 4.78 is 4.62. The summed E-state index contributed by atoms with van der Waals surface area (Å²) >= 11 is 0. The Balaban J connectivity index is 2.73. The zero-order valence-corrected chi connectivity index (χ0v) is 8.15. The lowest BCUT2D eigenvalue weighted by molar-refractivity contribution is -0.136. The van der Waals surface area contributed by atoms with Crippen LogP contribution in [-0.4, -0.2) is 17.6 Å². The number of nitriles is 1. The highest BCUT2D eigenvalue weighted by Crippen LogP contribution is 1.96. The monoisotopic (exact) mass is 200 g/mol. The molecule has 1 heterocycles. The third kappa shape index (κ3) is 3.50. The number of pyridine rings is 1. The first-order chi connectivity index (χ1) is 7.26. The lowest BCUT2D eigenvalue weighted by Gasteiger charge is -1.91. The third-order valence-corrected chi connectivity index (χ3v) is 1.46. The summed E-state index contributed by atoms with van der Waals surface area (Å²) in [4.78, 5) is 14.7. The van der Waals surface area contributed by atoms with Gasteiger partial charge in [0.2, 0.25) is 0 Å². The van der Waals surface area contributed by atoms with Crippen molar-refractivity contribution in [2.24, 2.45) is 0 Å². The van der Waals surface area contributed by atoms with E-state index in [4.69, 9.17) is 5.26 Å². The molecule has 1 aromatic rings. The van der Waals surface area contributed by atoms with Crippen molar-refractivity contribution >= 4 is 5.97 Å². The number of nitrogens with zero attached hydrogens (tertiary/aromatic N) is 2. The largest absolute Gasteiger partial charge is 0.456 e. The minimum Gasteiger partial charge on any atom is -0.456 e. The van der Waals surface area contributed by atoms with Gasteiger partial charge < -0.3 is 4.74 Å². The van der Waals surface area contributed by atoms with Crippen molar-refractivity contribution in [2.45, 2.75) is 6.92 Å². The molecule has 4 heteroatoms. The van der Waals surface area contributed by atoms with Gasteiger partial charge in [0.25, 0.3) is 0 Å². The molecule has 15 heavy (non-hydrogen) atoms. The molecule has 0 saturated carbocycles. The molecule has 0 aliphatic carbocycles. The molecule has 0 atom stereocenters. The molecule has 0 aromatic carbocycles. The number of ether oxygens (including phenoxy) is 1. The molecule has 0 radical (unpaired) electrons. The van der Waals surface area contributed by atoms with Crippen molar-refractivity contribution in [1.82, 2.24) is 4.98 Å². The first-order valence-corrected chi connectivity index (χ1v) is 4.31. The lowest BCUT2D eigenvalue weighted by Crippen LogP contribution is -1.99. The van der Waals surface area contributed by atoms with E-state index in [-0.39, 0.29) is 0 Å². The highest BCUT2D eigenvalue weighted by Gasteiger charge is 1.94. The van der Waals surface area contributed by atoms with Gasteiger partial charge in [0, 0.05) is 17.7 Å². The minimum atomic E-state index is -0.568. The van der Waals surface area contributed by atoms with Gasteiger partial charge >= 0.3 is 5.97 Å². The Kier molecular flexibility index (Phi) is 3.88. The van der Waals surface area contributed by atoms with Crippen LogP contribution in [0.5, 0.6) is 0 Å². The fraction of sp³-hybridized carbons (Fsp3) is 0.182. The number of rotatable bonds is 1. The maximum atomic E-state index is 10.9. The summed E-state index contributed by atoms with van der Waals surface area (Å²) in [5.41, 5.74) is 0.888. The van der Waals surface area contributed by atoms with Crippen LogP contribution in [0.2, 0.25) is 0 Å². The number of esters is 1. The Morgan fingerprint density at radius 2 is 2.40 bits per heavy atom. The number of carbonyl (C=O) groups is 1. The third-order valence-electron chi connectivity index (χ3n) is 1.46. The summed E-state index contributed by atoms with van der Waals surface area (Å²) in [6.07, 6.45) is 1.44. The Labute approximate surface area is 87.5 Å². The zero-order chi connectivity index (χ0) is 11.1. The summed E-state index contributed by atoms with van der Waals surface area (Å²) in [5, 5.41) is 8.49. The molecule has 0 aliphatic heterocycles. The minimum absolute atomic E-state index is 0.305. The molecular formula is C11H8N2O2. The fourth-order valence-corrected chi connectivity index (χ4v) is 0.824. The van der Waals surface area contributed by atoms with E-state index < -0.39 is 5.97 Å². The molecule has 0 spiro atoms. The maximum absolute atomic E-state index is 10.9. The lowest BCUT2D eigenvalue weighted by atomic mass is 10.2. The van der Waals surface area contributed by atoms with Gasteiger partial charge in [0.1, 0.15) is 11.8 Å². The molecule has 0 fully saturated rings. The summed E-state index contributed by atoms with van der Waals surface area (Å²) in [7, 11) is 0. The topological polar surface area (TPSA) is 63.0 Å². The second-order valence-corrected chi connectivity index (χ2v) is 2.51. The molecule has 0 unspecified atom stereocenters. The van der Waals surface area contributed by atoms with Crippen LogP contribution in [0.4, 0.5) is 0 Å². The van der Waals surface area contributed by atoms with Crippen LogP contribution in [0.3, 0.4) is 0 Å². The number of hydrogen-bond donors (Lipinski definition) is 0. The first-order valence-electron chi connectivity index (χ1n) is 4.31. The molecule has 0 bridgehead atoms. The fourth-order valence-electron chi connectivity index (χ4n) is 0.824. The molecule has 0 aliphatic rings. The van der Waals surface area contributed by atoms with Crippen molar-refractivity contribution in [3.05, 3.63) is 29.6 Å². The molecular weight excluding hydrogens is 192 g/mol. The standard InChI is InChI=1S/C11H8N2O2/c1-2-15-11(14)6-4-9-3-5-10(7-12)13-8-9/h3,5,8H,2H2,1H3. The van der Waals surface area contributed by atoms with Crippen molar-refractivity contribution in [3.63, 3.8) is 0 Å². The average molecular weight is 200 g/mol. The maximum Gasteiger partial charge on any atom is 0.384 e. The van der Waals surface area contributed by atoms with E-state index in [1.54, 1.807) is 13.0 Å². The van der Waals surface area contributed by atoms with Gasteiger partial charge in [0.05, 0.1) is 6.61 Å². The van der Waals surface area contributed by atoms with Gasteiger partial charge in [-0.3, -0.25) is 0 Å². The summed E-state index contributed by atoms with van der Waals surface area (Å²) in [5.74, 6) is 4.32. The van der Waals surface area contributed by atoms with E-state index in [2.05, 4.69) is 21.6 Å². The van der Waals surface area contributed by atoms with E-state index in [1.807, 2.05) is 6.07 Å². The highest BCUT2D eigenvalue weighted by molar-refractivity contribution is 5.89. The smallest absolute Gasteiger partial charge is 0.384 e. The number of hydrogen-bond acceptors (Lipinski definition) is 4. The van der Waals surface area contributed by atoms with Crippen LogP contribution in [-0.2, 0) is 9.53 Å².